The van der Waals surface area contributed by atoms with E-state index in [-0.39, 0.29) is 26.2 Å². The molecule has 0 aliphatic carbocycles. The summed E-state index contributed by atoms with van der Waals surface area (Å²) in [5.74, 6) is -1.44. The Morgan fingerprint density at radius 2 is 1.77 bits per heavy atom. The number of amides is 1. The number of carbonyl (C=O) groups excluding carboxylic acids is 1. The molecule has 0 atom stereocenters. The van der Waals surface area contributed by atoms with E-state index in [0.29, 0.717) is 13.1 Å². The van der Waals surface area contributed by atoms with Crippen molar-refractivity contribution in [3.05, 3.63) is 57.8 Å². The third kappa shape index (κ3) is 4.35. The highest BCUT2D eigenvalue weighted by atomic mass is 35.5. The molecule has 26 heavy (non-hydrogen) atoms. The molecule has 9 heteroatoms. The first-order chi connectivity index (χ1) is 12.2. The van der Waals surface area contributed by atoms with Gasteiger partial charge in [-0.2, -0.15) is 4.31 Å². The Kier molecular flexibility index (Phi) is 6.63. The van der Waals surface area contributed by atoms with Gasteiger partial charge in [-0.15, -0.1) is 0 Å². The van der Waals surface area contributed by atoms with Gasteiger partial charge in [0, 0.05) is 18.1 Å². The molecule has 140 valence electrons. The molecule has 0 radical (unpaired) electrons. The second kappa shape index (κ2) is 8.35. The van der Waals surface area contributed by atoms with Gasteiger partial charge in [0.2, 0.25) is 10.0 Å². The van der Waals surface area contributed by atoms with E-state index in [2.05, 4.69) is 5.32 Å². The zero-order valence-corrected chi connectivity index (χ0v) is 16.4. The lowest BCUT2D eigenvalue weighted by atomic mass is 10.2. The highest BCUT2D eigenvalue weighted by Gasteiger charge is 2.24. The van der Waals surface area contributed by atoms with Crippen molar-refractivity contribution in [2.75, 3.05) is 18.4 Å². The summed E-state index contributed by atoms with van der Waals surface area (Å²) < 4.78 is 40.3. The first kappa shape index (κ1) is 20.6. The molecule has 1 N–H and O–H groups in total. The van der Waals surface area contributed by atoms with E-state index in [9.17, 15) is 17.6 Å². The minimum absolute atomic E-state index is 0.0513. The third-order valence-corrected chi connectivity index (χ3v) is 6.32. The molecule has 5 nitrogen and oxygen atoms in total. The fourth-order valence-electron chi connectivity index (χ4n) is 2.33. The zero-order chi connectivity index (χ0) is 19.5. The predicted molar refractivity (Wildman–Crippen MR) is 101 cm³/mol. The molecule has 0 aliphatic rings. The lowest BCUT2D eigenvalue weighted by molar-refractivity contribution is 0.102. The number of halogens is 3. The highest BCUT2D eigenvalue weighted by molar-refractivity contribution is 7.89. The Balaban J connectivity index is 2.39. The van der Waals surface area contributed by atoms with E-state index in [1.807, 2.05) is 0 Å². The number of hydrogen-bond acceptors (Lipinski definition) is 3. The number of hydrogen-bond donors (Lipinski definition) is 1. The maximum absolute atomic E-state index is 13.9. The second-order valence-electron chi connectivity index (χ2n) is 5.31. The van der Waals surface area contributed by atoms with Crippen molar-refractivity contribution in [2.24, 2.45) is 0 Å². The molecular formula is C17H17Cl2FN2O3S. The quantitative estimate of drug-likeness (QED) is 0.754. The molecule has 0 aliphatic heterocycles. The van der Waals surface area contributed by atoms with Gasteiger partial charge in [0.25, 0.3) is 5.91 Å². The maximum Gasteiger partial charge on any atom is 0.257 e. The van der Waals surface area contributed by atoms with E-state index < -0.39 is 21.7 Å². The number of anilines is 1. The van der Waals surface area contributed by atoms with Crippen LogP contribution in [0.2, 0.25) is 10.0 Å². The van der Waals surface area contributed by atoms with Crippen LogP contribution >= 0.6 is 23.2 Å². The van der Waals surface area contributed by atoms with Gasteiger partial charge in [-0.05, 0) is 36.4 Å². The summed E-state index contributed by atoms with van der Waals surface area (Å²) in [5, 5.41) is 2.60. The van der Waals surface area contributed by atoms with E-state index in [0.717, 1.165) is 6.07 Å². The molecule has 2 rings (SSSR count). The largest absolute Gasteiger partial charge is 0.319 e. The van der Waals surface area contributed by atoms with Gasteiger partial charge in [0.05, 0.1) is 21.2 Å². The van der Waals surface area contributed by atoms with Crippen molar-refractivity contribution in [3.8, 4) is 0 Å². The number of rotatable bonds is 6. The molecule has 0 saturated heterocycles. The van der Waals surface area contributed by atoms with Gasteiger partial charge in [-0.3, -0.25) is 4.79 Å². The van der Waals surface area contributed by atoms with Crippen molar-refractivity contribution in [2.45, 2.75) is 18.7 Å². The Hall–Kier alpha value is -1.67. The molecule has 0 saturated carbocycles. The van der Waals surface area contributed by atoms with Crippen molar-refractivity contribution in [1.82, 2.24) is 4.31 Å². The Labute approximate surface area is 161 Å². The van der Waals surface area contributed by atoms with E-state index in [4.69, 9.17) is 23.2 Å². The number of sulfonamides is 1. The lowest BCUT2D eigenvalue weighted by Gasteiger charge is -2.19. The lowest BCUT2D eigenvalue weighted by Crippen LogP contribution is -2.30. The van der Waals surface area contributed by atoms with Crippen molar-refractivity contribution >= 4 is 44.8 Å². The van der Waals surface area contributed by atoms with Crippen LogP contribution in [0, 0.1) is 5.82 Å². The van der Waals surface area contributed by atoms with Gasteiger partial charge >= 0.3 is 0 Å². The molecule has 0 spiro atoms. The predicted octanol–water partition coefficient (Wildman–Crippen LogP) is 4.42. The van der Waals surface area contributed by atoms with Crippen LogP contribution in [0.5, 0.6) is 0 Å². The van der Waals surface area contributed by atoms with Crippen molar-refractivity contribution in [3.63, 3.8) is 0 Å². The monoisotopic (exact) mass is 418 g/mol. The zero-order valence-electron chi connectivity index (χ0n) is 14.1. The third-order valence-electron chi connectivity index (χ3n) is 3.70. The summed E-state index contributed by atoms with van der Waals surface area (Å²) in [7, 11) is -3.76. The Morgan fingerprint density at radius 3 is 2.35 bits per heavy atom. The highest BCUT2D eigenvalue weighted by Crippen LogP contribution is 2.25. The molecule has 0 fully saturated rings. The van der Waals surface area contributed by atoms with Gasteiger partial charge in [-0.1, -0.05) is 37.0 Å². The van der Waals surface area contributed by atoms with E-state index in [1.54, 1.807) is 13.8 Å². The maximum atomic E-state index is 13.9. The minimum Gasteiger partial charge on any atom is -0.319 e. The molecule has 0 aromatic heterocycles. The van der Waals surface area contributed by atoms with Crippen LogP contribution < -0.4 is 5.32 Å². The van der Waals surface area contributed by atoms with Crippen LogP contribution in [0.4, 0.5) is 10.1 Å². The van der Waals surface area contributed by atoms with Crippen LogP contribution in [-0.2, 0) is 10.0 Å². The van der Waals surface area contributed by atoms with Crippen LogP contribution in [0.1, 0.15) is 24.2 Å². The Morgan fingerprint density at radius 1 is 1.12 bits per heavy atom. The molecular weight excluding hydrogens is 402 g/mol. The SMILES string of the molecule is CCN(CC)S(=O)(=O)c1ccc(Cl)c(C(=O)Nc2ccc(Cl)cc2F)c1. The van der Waals surface area contributed by atoms with E-state index in [1.165, 1.54) is 34.6 Å². The summed E-state index contributed by atoms with van der Waals surface area (Å²) in [6, 6.07) is 7.61. The molecule has 1 amide bonds. The topological polar surface area (TPSA) is 66.5 Å². The van der Waals surface area contributed by atoms with Gasteiger partial charge in [0.1, 0.15) is 5.82 Å². The van der Waals surface area contributed by atoms with Gasteiger partial charge in [0.15, 0.2) is 0 Å². The van der Waals surface area contributed by atoms with Crippen LogP contribution in [0.3, 0.4) is 0 Å². The molecule has 0 heterocycles. The van der Waals surface area contributed by atoms with Crippen LogP contribution in [0.25, 0.3) is 0 Å². The van der Waals surface area contributed by atoms with Gasteiger partial charge in [-0.25, -0.2) is 12.8 Å². The first-order valence-corrected chi connectivity index (χ1v) is 9.96. The summed E-state index contributed by atoms with van der Waals surface area (Å²) >= 11 is 11.7. The van der Waals surface area contributed by atoms with Crippen LogP contribution in [-0.4, -0.2) is 31.7 Å². The normalized spacial score (nSPS) is 11.6. The minimum atomic E-state index is -3.76. The fraction of sp³-hybridized carbons (Fsp3) is 0.235. The van der Waals surface area contributed by atoms with Crippen molar-refractivity contribution in [1.29, 1.82) is 0 Å². The van der Waals surface area contributed by atoms with Crippen molar-refractivity contribution < 1.29 is 17.6 Å². The molecule has 0 unspecified atom stereocenters. The van der Waals surface area contributed by atoms with E-state index >= 15 is 0 Å². The summed E-state index contributed by atoms with van der Waals surface area (Å²) in [4.78, 5) is 12.4. The number of nitrogens with one attached hydrogen (secondary N) is 1. The number of nitrogens with zero attached hydrogens (tertiary/aromatic N) is 1. The van der Waals surface area contributed by atoms with Gasteiger partial charge < -0.3 is 5.32 Å². The standard InChI is InChI=1S/C17H17Cl2FN2O3S/c1-3-22(4-2)26(24,25)12-6-7-14(19)13(10-12)17(23)21-16-8-5-11(18)9-15(16)20/h5-10H,3-4H2,1-2H3,(H,21,23). The first-order valence-electron chi connectivity index (χ1n) is 7.76. The molecule has 0 bridgehead atoms. The average Bonchev–Trinajstić information content (AvgIpc) is 2.58. The average molecular weight is 419 g/mol. The summed E-state index contributed by atoms with van der Waals surface area (Å²) in [6.07, 6.45) is 0. The second-order valence-corrected chi connectivity index (χ2v) is 8.09. The number of carbonyl (C=O) groups is 1. The molecule has 2 aromatic rings. The Bertz CT molecular complexity index is 932. The molecule has 2 aromatic carbocycles. The smallest absolute Gasteiger partial charge is 0.257 e. The fourth-order valence-corrected chi connectivity index (χ4v) is 4.18. The summed E-state index contributed by atoms with van der Waals surface area (Å²) in [6.45, 7) is 4.01. The number of benzene rings is 2. The van der Waals surface area contributed by atoms with Crippen LogP contribution in [0.15, 0.2) is 41.3 Å². The summed E-state index contributed by atoms with van der Waals surface area (Å²) in [5.41, 5.74) is -0.165.